The monoisotopic (exact) mass is 297 g/mol. The highest BCUT2D eigenvalue weighted by Gasteiger charge is 2.38. The van der Waals surface area contributed by atoms with Crippen LogP contribution in [-0.2, 0) is 10.2 Å². The standard InChI is InChI=1S/C13H16BrNO2/c1-13(2,9-3-5-10(14)6-4-9)12(17)15-7-11(16)8-15/h3-6,11,16H,7-8H2,1-2H3. The Balaban J connectivity index is 2.17. The zero-order valence-corrected chi connectivity index (χ0v) is 11.6. The lowest BCUT2D eigenvalue weighted by atomic mass is 9.82. The molecule has 1 aromatic carbocycles. The molecule has 17 heavy (non-hydrogen) atoms. The summed E-state index contributed by atoms with van der Waals surface area (Å²) in [5, 5.41) is 9.24. The zero-order valence-electron chi connectivity index (χ0n) is 9.98. The van der Waals surface area contributed by atoms with Crippen LogP contribution in [0.4, 0.5) is 0 Å². The number of amides is 1. The van der Waals surface area contributed by atoms with Crippen molar-refractivity contribution >= 4 is 21.8 Å². The Morgan fingerprint density at radius 3 is 2.35 bits per heavy atom. The van der Waals surface area contributed by atoms with Crippen LogP contribution in [0.25, 0.3) is 0 Å². The van der Waals surface area contributed by atoms with Crippen molar-refractivity contribution in [2.24, 2.45) is 0 Å². The van der Waals surface area contributed by atoms with Crippen LogP contribution in [0.1, 0.15) is 19.4 Å². The van der Waals surface area contributed by atoms with Crippen LogP contribution in [0, 0.1) is 0 Å². The van der Waals surface area contributed by atoms with Crippen LogP contribution in [0.15, 0.2) is 28.7 Å². The van der Waals surface area contributed by atoms with E-state index in [9.17, 15) is 9.90 Å². The normalized spacial score (nSPS) is 16.8. The van der Waals surface area contributed by atoms with Crippen molar-refractivity contribution in [1.82, 2.24) is 4.90 Å². The Hall–Kier alpha value is -0.870. The van der Waals surface area contributed by atoms with Crippen LogP contribution in [-0.4, -0.2) is 35.1 Å². The number of benzene rings is 1. The summed E-state index contributed by atoms with van der Waals surface area (Å²) in [6.07, 6.45) is -0.348. The van der Waals surface area contributed by atoms with Gasteiger partial charge in [-0.05, 0) is 31.5 Å². The average molecular weight is 298 g/mol. The molecule has 1 aliphatic rings. The van der Waals surface area contributed by atoms with Gasteiger partial charge in [0.25, 0.3) is 0 Å². The molecule has 3 nitrogen and oxygen atoms in total. The van der Waals surface area contributed by atoms with Gasteiger partial charge in [-0.1, -0.05) is 28.1 Å². The summed E-state index contributed by atoms with van der Waals surface area (Å²) in [6.45, 7) is 4.75. The first-order valence-corrected chi connectivity index (χ1v) is 6.44. The third-order valence-electron chi connectivity index (χ3n) is 3.25. The van der Waals surface area contributed by atoms with Crippen LogP contribution in [0.2, 0.25) is 0 Å². The predicted molar refractivity (Wildman–Crippen MR) is 69.8 cm³/mol. The Kier molecular flexibility index (Phi) is 3.27. The fourth-order valence-corrected chi connectivity index (χ4v) is 2.27. The van der Waals surface area contributed by atoms with Crippen molar-refractivity contribution in [1.29, 1.82) is 0 Å². The fraction of sp³-hybridized carbons (Fsp3) is 0.462. The van der Waals surface area contributed by atoms with Crippen LogP contribution >= 0.6 is 15.9 Å². The minimum Gasteiger partial charge on any atom is -0.389 e. The molecule has 0 aromatic heterocycles. The summed E-state index contributed by atoms with van der Waals surface area (Å²) in [5.74, 6) is 0.0742. The number of halogens is 1. The molecule has 0 atom stereocenters. The zero-order chi connectivity index (χ0) is 12.6. The van der Waals surface area contributed by atoms with Gasteiger partial charge < -0.3 is 10.0 Å². The SMILES string of the molecule is CC(C)(C(=O)N1CC(O)C1)c1ccc(Br)cc1. The molecule has 0 radical (unpaired) electrons. The lowest BCUT2D eigenvalue weighted by Gasteiger charge is -2.40. The van der Waals surface area contributed by atoms with Crippen LogP contribution in [0.5, 0.6) is 0 Å². The number of carbonyl (C=O) groups excluding carboxylic acids is 1. The van der Waals surface area contributed by atoms with E-state index >= 15 is 0 Å². The van der Waals surface area contributed by atoms with Gasteiger partial charge in [-0.15, -0.1) is 0 Å². The summed E-state index contributed by atoms with van der Waals surface area (Å²) in [7, 11) is 0. The molecule has 1 aromatic rings. The van der Waals surface area contributed by atoms with Gasteiger partial charge in [-0.25, -0.2) is 0 Å². The van der Waals surface area contributed by atoms with Crippen LogP contribution < -0.4 is 0 Å². The van der Waals surface area contributed by atoms with Crippen molar-refractivity contribution in [3.05, 3.63) is 34.3 Å². The number of rotatable bonds is 2. The fourth-order valence-electron chi connectivity index (χ4n) is 2.01. The molecule has 1 fully saturated rings. The molecule has 0 saturated carbocycles. The third-order valence-corrected chi connectivity index (χ3v) is 3.78. The third kappa shape index (κ3) is 2.38. The summed E-state index contributed by atoms with van der Waals surface area (Å²) < 4.78 is 1.00. The Bertz CT molecular complexity index is 422. The first-order chi connectivity index (χ1) is 7.91. The van der Waals surface area contributed by atoms with Gasteiger partial charge in [-0.2, -0.15) is 0 Å². The van der Waals surface area contributed by atoms with Gasteiger partial charge in [0, 0.05) is 17.6 Å². The first-order valence-electron chi connectivity index (χ1n) is 5.65. The van der Waals surface area contributed by atoms with Crippen molar-refractivity contribution in [3.8, 4) is 0 Å². The molecule has 0 unspecified atom stereocenters. The summed E-state index contributed by atoms with van der Waals surface area (Å²) in [5.41, 5.74) is 0.452. The van der Waals surface area contributed by atoms with E-state index in [2.05, 4.69) is 15.9 Å². The molecule has 1 saturated heterocycles. The number of aliphatic hydroxyl groups is 1. The van der Waals surface area contributed by atoms with E-state index < -0.39 is 5.41 Å². The second kappa shape index (κ2) is 4.42. The Morgan fingerprint density at radius 1 is 1.35 bits per heavy atom. The molecule has 0 bridgehead atoms. The van der Waals surface area contributed by atoms with E-state index in [0.717, 1.165) is 10.0 Å². The molecule has 1 amide bonds. The van der Waals surface area contributed by atoms with Crippen molar-refractivity contribution in [3.63, 3.8) is 0 Å². The molecule has 1 heterocycles. The van der Waals surface area contributed by atoms with Gasteiger partial charge in [-0.3, -0.25) is 4.79 Å². The second-order valence-corrected chi connectivity index (χ2v) is 5.91. The molecule has 1 aliphatic heterocycles. The number of likely N-dealkylation sites (tertiary alicyclic amines) is 1. The second-order valence-electron chi connectivity index (χ2n) is 5.00. The molecular weight excluding hydrogens is 282 g/mol. The predicted octanol–water partition coefficient (Wildman–Crippen LogP) is 1.93. The Labute approximate surface area is 110 Å². The average Bonchev–Trinajstić information content (AvgIpc) is 2.24. The lowest BCUT2D eigenvalue weighted by Crippen LogP contribution is -2.57. The summed E-state index contributed by atoms with van der Waals surface area (Å²) >= 11 is 3.38. The molecule has 1 N–H and O–H groups in total. The van der Waals surface area contributed by atoms with E-state index in [1.807, 2.05) is 38.1 Å². The number of nitrogens with zero attached hydrogens (tertiary/aromatic N) is 1. The first kappa shape index (κ1) is 12.6. The van der Waals surface area contributed by atoms with Gasteiger partial charge >= 0.3 is 0 Å². The van der Waals surface area contributed by atoms with Gasteiger partial charge in [0.2, 0.25) is 5.91 Å². The number of hydrogen-bond donors (Lipinski definition) is 1. The highest BCUT2D eigenvalue weighted by Crippen LogP contribution is 2.28. The molecule has 0 spiro atoms. The molecule has 2 rings (SSSR count). The maximum atomic E-state index is 12.3. The van der Waals surface area contributed by atoms with E-state index in [1.54, 1.807) is 4.90 Å². The van der Waals surface area contributed by atoms with E-state index in [0.29, 0.717) is 13.1 Å². The minimum atomic E-state index is -0.541. The van der Waals surface area contributed by atoms with Gasteiger partial charge in [0.05, 0.1) is 11.5 Å². The number of hydrogen-bond acceptors (Lipinski definition) is 2. The number of carbonyl (C=O) groups is 1. The molecule has 4 heteroatoms. The minimum absolute atomic E-state index is 0.0742. The van der Waals surface area contributed by atoms with Crippen molar-refractivity contribution in [2.75, 3.05) is 13.1 Å². The Morgan fingerprint density at radius 2 is 1.88 bits per heavy atom. The maximum Gasteiger partial charge on any atom is 0.232 e. The number of aliphatic hydroxyl groups excluding tert-OH is 1. The van der Waals surface area contributed by atoms with Crippen molar-refractivity contribution in [2.45, 2.75) is 25.4 Å². The highest BCUT2D eigenvalue weighted by molar-refractivity contribution is 9.10. The van der Waals surface area contributed by atoms with E-state index in [-0.39, 0.29) is 12.0 Å². The summed E-state index contributed by atoms with van der Waals surface area (Å²) in [4.78, 5) is 14.0. The van der Waals surface area contributed by atoms with Crippen molar-refractivity contribution < 1.29 is 9.90 Å². The number of β-amino-alcohol motifs (C(OH)–C–C–N with tert-alkyl or cyclic N) is 1. The topological polar surface area (TPSA) is 40.5 Å². The largest absolute Gasteiger partial charge is 0.389 e. The summed E-state index contributed by atoms with van der Waals surface area (Å²) in [6, 6.07) is 7.79. The van der Waals surface area contributed by atoms with E-state index in [4.69, 9.17) is 0 Å². The molecule has 92 valence electrons. The maximum absolute atomic E-state index is 12.3. The quantitative estimate of drug-likeness (QED) is 0.906. The molecular formula is C13H16BrNO2. The highest BCUT2D eigenvalue weighted by atomic mass is 79.9. The lowest BCUT2D eigenvalue weighted by molar-refractivity contribution is -0.146. The van der Waals surface area contributed by atoms with Crippen LogP contribution in [0.3, 0.4) is 0 Å². The van der Waals surface area contributed by atoms with Gasteiger partial charge in [0.15, 0.2) is 0 Å². The van der Waals surface area contributed by atoms with Gasteiger partial charge in [0.1, 0.15) is 0 Å². The van der Waals surface area contributed by atoms with E-state index in [1.165, 1.54) is 0 Å². The molecule has 0 aliphatic carbocycles. The smallest absolute Gasteiger partial charge is 0.232 e.